The number of hydrogen-bond acceptors (Lipinski definition) is 4. The quantitative estimate of drug-likeness (QED) is 0.637. The lowest BCUT2D eigenvalue weighted by atomic mass is 10.2. The molecule has 0 aromatic heterocycles. The van der Waals surface area contributed by atoms with Gasteiger partial charge in [0.2, 0.25) is 5.91 Å². The fourth-order valence-electron chi connectivity index (χ4n) is 1.02. The third kappa shape index (κ3) is 4.96. The summed E-state index contributed by atoms with van der Waals surface area (Å²) in [7, 11) is 0. The van der Waals surface area contributed by atoms with Crippen molar-refractivity contribution in [1.82, 2.24) is 10.9 Å². The SMILES string of the molecule is CC(=O)NNC(=O)COC(=O)c1cccc(Br)c1. The van der Waals surface area contributed by atoms with Gasteiger partial charge in [-0.1, -0.05) is 22.0 Å². The standard InChI is InChI=1S/C11H11BrN2O4/c1-7(15)13-14-10(16)6-18-11(17)8-3-2-4-9(12)5-8/h2-5H,6H2,1H3,(H,13,15)(H,14,16). The summed E-state index contributed by atoms with van der Waals surface area (Å²) in [6.45, 7) is 0.777. The summed E-state index contributed by atoms with van der Waals surface area (Å²) in [5.41, 5.74) is 4.49. The molecule has 0 radical (unpaired) electrons. The second-order valence-electron chi connectivity index (χ2n) is 3.32. The van der Waals surface area contributed by atoms with Crippen molar-refractivity contribution in [3.8, 4) is 0 Å². The molecule has 96 valence electrons. The van der Waals surface area contributed by atoms with Crippen LogP contribution in [-0.2, 0) is 14.3 Å². The molecule has 0 bridgehead atoms. The fraction of sp³-hybridized carbons (Fsp3) is 0.182. The summed E-state index contributed by atoms with van der Waals surface area (Å²) in [5.74, 6) is -1.65. The molecule has 0 saturated carbocycles. The highest BCUT2D eigenvalue weighted by Crippen LogP contribution is 2.12. The first-order valence-corrected chi connectivity index (χ1v) is 5.76. The van der Waals surface area contributed by atoms with Gasteiger partial charge >= 0.3 is 5.97 Å². The first-order chi connectivity index (χ1) is 8.49. The van der Waals surface area contributed by atoms with Crippen LogP contribution in [0.1, 0.15) is 17.3 Å². The largest absolute Gasteiger partial charge is 0.452 e. The zero-order valence-electron chi connectivity index (χ0n) is 9.53. The minimum absolute atomic E-state index is 0.330. The molecule has 2 amide bonds. The lowest BCUT2D eigenvalue weighted by Crippen LogP contribution is -2.42. The summed E-state index contributed by atoms with van der Waals surface area (Å²) in [6.07, 6.45) is 0. The van der Waals surface area contributed by atoms with Crippen molar-refractivity contribution in [3.05, 3.63) is 34.3 Å². The van der Waals surface area contributed by atoms with Gasteiger partial charge in [-0.25, -0.2) is 4.79 Å². The molecule has 2 N–H and O–H groups in total. The van der Waals surface area contributed by atoms with Crippen molar-refractivity contribution in [1.29, 1.82) is 0 Å². The highest BCUT2D eigenvalue weighted by Gasteiger charge is 2.10. The van der Waals surface area contributed by atoms with Gasteiger partial charge in [0.15, 0.2) is 6.61 Å². The van der Waals surface area contributed by atoms with E-state index in [2.05, 4.69) is 26.8 Å². The lowest BCUT2D eigenvalue weighted by Gasteiger charge is -2.06. The van der Waals surface area contributed by atoms with Gasteiger partial charge in [0.25, 0.3) is 5.91 Å². The maximum Gasteiger partial charge on any atom is 0.338 e. The van der Waals surface area contributed by atoms with Crippen LogP contribution in [0.15, 0.2) is 28.7 Å². The molecule has 0 saturated heterocycles. The molecule has 0 unspecified atom stereocenters. The van der Waals surface area contributed by atoms with Gasteiger partial charge in [-0.2, -0.15) is 0 Å². The highest BCUT2D eigenvalue weighted by atomic mass is 79.9. The first-order valence-electron chi connectivity index (χ1n) is 4.97. The van der Waals surface area contributed by atoms with Crippen LogP contribution in [0.3, 0.4) is 0 Å². The Bertz CT molecular complexity index is 476. The smallest absolute Gasteiger partial charge is 0.338 e. The topological polar surface area (TPSA) is 84.5 Å². The summed E-state index contributed by atoms with van der Waals surface area (Å²) < 4.78 is 5.49. The Kier molecular flexibility index (Phi) is 5.31. The number of carbonyl (C=O) groups excluding carboxylic acids is 3. The monoisotopic (exact) mass is 314 g/mol. The number of halogens is 1. The molecule has 0 aliphatic rings. The van der Waals surface area contributed by atoms with E-state index in [0.717, 1.165) is 4.47 Å². The molecule has 0 heterocycles. The van der Waals surface area contributed by atoms with Crippen molar-refractivity contribution in [2.75, 3.05) is 6.61 Å². The van der Waals surface area contributed by atoms with Crippen molar-refractivity contribution in [2.24, 2.45) is 0 Å². The molecule has 0 fully saturated rings. The zero-order chi connectivity index (χ0) is 13.5. The fourth-order valence-corrected chi connectivity index (χ4v) is 1.42. The van der Waals surface area contributed by atoms with Crippen molar-refractivity contribution >= 4 is 33.7 Å². The van der Waals surface area contributed by atoms with E-state index in [-0.39, 0.29) is 0 Å². The Morgan fingerprint density at radius 2 is 2.00 bits per heavy atom. The van der Waals surface area contributed by atoms with Crippen LogP contribution in [-0.4, -0.2) is 24.4 Å². The minimum atomic E-state index is -0.617. The Balaban J connectivity index is 2.42. The van der Waals surface area contributed by atoms with Crippen LogP contribution in [0.2, 0.25) is 0 Å². The number of amides is 2. The van der Waals surface area contributed by atoms with E-state index in [1.807, 2.05) is 0 Å². The molecule has 6 nitrogen and oxygen atoms in total. The lowest BCUT2D eigenvalue weighted by molar-refractivity contribution is -0.129. The maximum atomic E-state index is 11.5. The number of benzene rings is 1. The maximum absolute atomic E-state index is 11.5. The van der Waals surface area contributed by atoms with Crippen molar-refractivity contribution in [3.63, 3.8) is 0 Å². The Labute approximate surface area is 112 Å². The Hall–Kier alpha value is -1.89. The molecule has 1 rings (SSSR count). The van der Waals surface area contributed by atoms with E-state index in [0.29, 0.717) is 5.56 Å². The molecule has 7 heteroatoms. The van der Waals surface area contributed by atoms with Gasteiger partial charge < -0.3 is 4.74 Å². The number of hydrazine groups is 1. The number of nitrogens with one attached hydrogen (secondary N) is 2. The molecule has 0 aliphatic carbocycles. The van der Waals surface area contributed by atoms with E-state index in [1.165, 1.54) is 6.92 Å². The average Bonchev–Trinajstić information content (AvgIpc) is 2.33. The van der Waals surface area contributed by atoms with Crippen LogP contribution in [0.4, 0.5) is 0 Å². The van der Waals surface area contributed by atoms with Gasteiger partial charge in [0, 0.05) is 11.4 Å². The molecular formula is C11H11BrN2O4. The Morgan fingerprint density at radius 1 is 1.28 bits per heavy atom. The van der Waals surface area contributed by atoms with Crippen LogP contribution in [0.25, 0.3) is 0 Å². The van der Waals surface area contributed by atoms with E-state index in [1.54, 1.807) is 24.3 Å². The zero-order valence-corrected chi connectivity index (χ0v) is 11.1. The van der Waals surface area contributed by atoms with Crippen LogP contribution < -0.4 is 10.9 Å². The minimum Gasteiger partial charge on any atom is -0.452 e. The van der Waals surface area contributed by atoms with Gasteiger partial charge in [-0.15, -0.1) is 0 Å². The molecule has 1 aromatic rings. The Morgan fingerprint density at radius 3 is 2.61 bits per heavy atom. The normalized spacial score (nSPS) is 9.44. The first kappa shape index (κ1) is 14.2. The van der Waals surface area contributed by atoms with Gasteiger partial charge in [-0.3, -0.25) is 20.4 Å². The number of rotatable bonds is 3. The molecule has 1 aromatic carbocycles. The predicted octanol–water partition coefficient (Wildman–Crippen LogP) is 0.773. The van der Waals surface area contributed by atoms with Crippen LogP contribution in [0, 0.1) is 0 Å². The third-order valence-electron chi connectivity index (χ3n) is 1.77. The van der Waals surface area contributed by atoms with Gasteiger partial charge in [0.05, 0.1) is 5.56 Å². The summed E-state index contributed by atoms with van der Waals surface area (Å²) in [5, 5.41) is 0. The summed E-state index contributed by atoms with van der Waals surface area (Å²) in [6, 6.07) is 6.59. The van der Waals surface area contributed by atoms with E-state index in [4.69, 9.17) is 4.74 Å². The second kappa shape index (κ2) is 6.75. The predicted molar refractivity (Wildman–Crippen MR) is 66.4 cm³/mol. The van der Waals surface area contributed by atoms with E-state index < -0.39 is 24.4 Å². The highest BCUT2D eigenvalue weighted by molar-refractivity contribution is 9.10. The number of ether oxygens (including phenoxy) is 1. The van der Waals surface area contributed by atoms with Gasteiger partial charge in [-0.05, 0) is 18.2 Å². The summed E-state index contributed by atoms with van der Waals surface area (Å²) >= 11 is 3.22. The average molecular weight is 315 g/mol. The summed E-state index contributed by atoms with van der Waals surface area (Å²) in [4.78, 5) is 33.2. The number of carbonyl (C=O) groups is 3. The van der Waals surface area contributed by atoms with E-state index in [9.17, 15) is 14.4 Å². The number of hydrogen-bond donors (Lipinski definition) is 2. The number of esters is 1. The second-order valence-corrected chi connectivity index (χ2v) is 4.23. The molecule has 0 aliphatic heterocycles. The van der Waals surface area contributed by atoms with Crippen molar-refractivity contribution < 1.29 is 19.1 Å². The third-order valence-corrected chi connectivity index (χ3v) is 2.27. The molecule has 18 heavy (non-hydrogen) atoms. The van der Waals surface area contributed by atoms with Crippen LogP contribution >= 0.6 is 15.9 Å². The molecular weight excluding hydrogens is 304 g/mol. The van der Waals surface area contributed by atoms with E-state index >= 15 is 0 Å². The van der Waals surface area contributed by atoms with Crippen LogP contribution in [0.5, 0.6) is 0 Å². The van der Waals surface area contributed by atoms with Crippen molar-refractivity contribution in [2.45, 2.75) is 6.92 Å². The molecule has 0 atom stereocenters. The molecule has 0 spiro atoms. The van der Waals surface area contributed by atoms with Gasteiger partial charge in [0.1, 0.15) is 0 Å².